The van der Waals surface area contributed by atoms with Gasteiger partial charge in [0, 0.05) is 24.2 Å². The first kappa shape index (κ1) is 24.0. The molecule has 5 heterocycles. The largest absolute Gasteiger partial charge is 0.386 e. The maximum absolute atomic E-state index is 12.9. The molecule has 2 saturated heterocycles. The minimum absolute atomic E-state index is 0.0701. The molecule has 1 amide bonds. The summed E-state index contributed by atoms with van der Waals surface area (Å²) in [5, 5.41) is 22.0. The molecule has 0 aliphatic carbocycles. The van der Waals surface area contributed by atoms with Gasteiger partial charge in [-0.3, -0.25) is 15.0 Å². The molecule has 3 aromatic rings. The van der Waals surface area contributed by atoms with E-state index in [9.17, 15) is 14.7 Å². The molecule has 0 saturated carbocycles. The molecule has 5 rings (SSSR count). The molecular formula is C23H27N9O3S. The SMILES string of the molecule is CC(=O)c1c(C2CC3CCC(C2)N3C(=O)C(N)=NC=N)nc2c(-c3cnc(C(C)O)s3)cnn2c1N. The first-order chi connectivity index (χ1) is 17.2. The Morgan fingerprint density at radius 2 is 2.00 bits per heavy atom. The van der Waals surface area contributed by atoms with Gasteiger partial charge >= 0.3 is 0 Å². The Kier molecular flexibility index (Phi) is 6.04. The number of piperidine rings is 1. The predicted octanol–water partition coefficient (Wildman–Crippen LogP) is 1.89. The Labute approximate surface area is 210 Å². The summed E-state index contributed by atoms with van der Waals surface area (Å²) < 4.78 is 1.47. The van der Waals surface area contributed by atoms with E-state index in [4.69, 9.17) is 21.9 Å². The minimum Gasteiger partial charge on any atom is -0.386 e. The van der Waals surface area contributed by atoms with Gasteiger partial charge in [-0.1, -0.05) is 0 Å². The molecule has 0 aromatic carbocycles. The fraction of sp³-hybridized carbons (Fsp3) is 0.435. The molecule has 2 aliphatic rings. The number of fused-ring (bicyclic) bond motifs is 3. The summed E-state index contributed by atoms with van der Waals surface area (Å²) in [6, 6.07) is -0.140. The molecule has 2 aliphatic heterocycles. The number of amidine groups is 1. The standard InChI is InChI=1S/C23H27N9O3S/c1-10(33)17-18(12-5-13-3-4-14(6-12)31(13)23(35)19(25)28-9-24)30-21-15(7-29-32(21)20(17)26)16-8-27-22(36-16)11(2)34/h7-9,11-14,34H,3-6,26H2,1-2H3,(H3,24,25,28). The number of carbonyl (C=O) groups excluding carboxylic acids is 2. The zero-order valence-corrected chi connectivity index (χ0v) is 20.7. The molecule has 12 nitrogen and oxygen atoms in total. The molecule has 3 aromatic heterocycles. The average molecular weight is 510 g/mol. The highest BCUT2D eigenvalue weighted by Crippen LogP contribution is 2.44. The fourth-order valence-corrected chi connectivity index (χ4v) is 6.32. The fourth-order valence-electron chi connectivity index (χ4n) is 5.46. The van der Waals surface area contributed by atoms with Gasteiger partial charge < -0.3 is 21.5 Å². The number of anilines is 1. The van der Waals surface area contributed by atoms with Gasteiger partial charge in [0.2, 0.25) is 0 Å². The number of carbonyl (C=O) groups is 2. The lowest BCUT2D eigenvalue weighted by Crippen LogP contribution is -2.50. The monoisotopic (exact) mass is 509 g/mol. The number of aromatic nitrogens is 4. The van der Waals surface area contributed by atoms with Crippen LogP contribution in [0.1, 0.15) is 72.6 Å². The van der Waals surface area contributed by atoms with Crippen LogP contribution in [0.5, 0.6) is 0 Å². The third kappa shape index (κ3) is 3.84. The van der Waals surface area contributed by atoms with Crippen molar-refractivity contribution in [2.24, 2.45) is 10.7 Å². The van der Waals surface area contributed by atoms with Crippen molar-refractivity contribution >= 4 is 46.7 Å². The van der Waals surface area contributed by atoms with E-state index in [0.717, 1.165) is 24.1 Å². The number of aliphatic hydroxyl groups is 1. The maximum atomic E-state index is 12.9. The maximum Gasteiger partial charge on any atom is 0.289 e. The van der Waals surface area contributed by atoms with Gasteiger partial charge in [-0.25, -0.2) is 15.0 Å². The molecule has 3 atom stereocenters. The van der Waals surface area contributed by atoms with Crippen LogP contribution < -0.4 is 11.5 Å². The van der Waals surface area contributed by atoms with Gasteiger partial charge in [0.1, 0.15) is 23.3 Å². The van der Waals surface area contributed by atoms with E-state index in [2.05, 4.69) is 15.1 Å². The number of Topliss-reactive ketones (excluding diaryl/α,β-unsaturated/α-hetero) is 1. The van der Waals surface area contributed by atoms with Crippen LogP contribution >= 0.6 is 11.3 Å². The summed E-state index contributed by atoms with van der Waals surface area (Å²) in [5.74, 6) is -0.621. The van der Waals surface area contributed by atoms with Crippen molar-refractivity contribution in [2.45, 2.75) is 63.6 Å². The average Bonchev–Trinajstić information content (AvgIpc) is 3.54. The number of nitrogens with zero attached hydrogens (tertiary/aromatic N) is 6. The number of nitrogen functional groups attached to an aromatic ring is 1. The van der Waals surface area contributed by atoms with E-state index in [1.165, 1.54) is 22.8 Å². The first-order valence-electron chi connectivity index (χ1n) is 11.7. The number of aliphatic imine (C=N–C) groups is 1. The molecule has 0 spiro atoms. The van der Waals surface area contributed by atoms with Gasteiger partial charge in [0.15, 0.2) is 17.3 Å². The summed E-state index contributed by atoms with van der Waals surface area (Å²) in [6.07, 6.45) is 6.24. The molecule has 13 heteroatoms. The number of amides is 1. The van der Waals surface area contributed by atoms with Crippen molar-refractivity contribution in [1.29, 1.82) is 5.41 Å². The summed E-state index contributed by atoms with van der Waals surface area (Å²) >= 11 is 1.35. The summed E-state index contributed by atoms with van der Waals surface area (Å²) in [6.45, 7) is 3.12. The summed E-state index contributed by atoms with van der Waals surface area (Å²) in [7, 11) is 0. The van der Waals surface area contributed by atoms with Crippen LogP contribution in [0.3, 0.4) is 0 Å². The number of thiazole rings is 1. The van der Waals surface area contributed by atoms with E-state index in [-0.39, 0.29) is 41.3 Å². The van der Waals surface area contributed by atoms with Crippen molar-refractivity contribution in [1.82, 2.24) is 24.5 Å². The van der Waals surface area contributed by atoms with Gasteiger partial charge in [0.25, 0.3) is 5.91 Å². The molecule has 3 unspecified atom stereocenters. The Balaban J connectivity index is 1.56. The van der Waals surface area contributed by atoms with E-state index in [0.29, 0.717) is 40.3 Å². The van der Waals surface area contributed by atoms with Crippen molar-refractivity contribution < 1.29 is 14.7 Å². The van der Waals surface area contributed by atoms with Crippen molar-refractivity contribution in [3.8, 4) is 10.4 Å². The summed E-state index contributed by atoms with van der Waals surface area (Å²) in [5.41, 5.74) is 14.5. The smallest absolute Gasteiger partial charge is 0.289 e. The second kappa shape index (κ2) is 9.06. The second-order valence-electron chi connectivity index (χ2n) is 9.26. The number of aliphatic hydroxyl groups excluding tert-OH is 1. The highest BCUT2D eigenvalue weighted by atomic mass is 32.1. The van der Waals surface area contributed by atoms with Crippen LogP contribution in [0.15, 0.2) is 17.4 Å². The van der Waals surface area contributed by atoms with Crippen LogP contribution in [0.25, 0.3) is 16.1 Å². The third-order valence-corrected chi connectivity index (χ3v) is 8.19. The molecular weight excluding hydrogens is 482 g/mol. The highest BCUT2D eigenvalue weighted by Gasteiger charge is 2.45. The zero-order chi connectivity index (χ0) is 25.7. The lowest BCUT2D eigenvalue weighted by Gasteiger charge is -2.39. The molecule has 2 fully saturated rings. The van der Waals surface area contributed by atoms with E-state index >= 15 is 0 Å². The molecule has 188 valence electrons. The predicted molar refractivity (Wildman–Crippen MR) is 135 cm³/mol. The molecule has 36 heavy (non-hydrogen) atoms. The van der Waals surface area contributed by atoms with Crippen molar-refractivity contribution in [3.63, 3.8) is 0 Å². The Morgan fingerprint density at radius 1 is 1.31 bits per heavy atom. The Morgan fingerprint density at radius 3 is 2.58 bits per heavy atom. The number of nitrogens with one attached hydrogen (secondary N) is 1. The highest BCUT2D eigenvalue weighted by molar-refractivity contribution is 7.15. The van der Waals surface area contributed by atoms with E-state index in [1.807, 2.05) is 0 Å². The van der Waals surface area contributed by atoms with Crippen LogP contribution in [0.4, 0.5) is 5.82 Å². The topological polar surface area (TPSA) is 189 Å². The normalized spacial score (nSPS) is 22.7. The van der Waals surface area contributed by atoms with Crippen molar-refractivity contribution in [3.05, 3.63) is 28.7 Å². The number of rotatable bonds is 5. The second-order valence-corrected chi connectivity index (χ2v) is 10.3. The lowest BCUT2D eigenvalue weighted by molar-refractivity contribution is -0.128. The van der Waals surface area contributed by atoms with Crippen molar-refractivity contribution in [2.75, 3.05) is 5.73 Å². The summed E-state index contributed by atoms with van der Waals surface area (Å²) in [4.78, 5) is 41.0. The Hall–Kier alpha value is -3.71. The molecule has 6 N–H and O–H groups in total. The Bertz CT molecular complexity index is 1400. The van der Waals surface area contributed by atoms with Crippen LogP contribution in [0, 0.1) is 5.41 Å². The van der Waals surface area contributed by atoms with Crippen LogP contribution in [-0.4, -0.2) is 65.5 Å². The number of hydrogen-bond donors (Lipinski definition) is 4. The number of nitrogens with two attached hydrogens (primary N) is 2. The van der Waals surface area contributed by atoms with E-state index in [1.54, 1.807) is 24.2 Å². The van der Waals surface area contributed by atoms with Gasteiger partial charge in [0.05, 0.1) is 27.9 Å². The minimum atomic E-state index is -0.690. The molecule has 2 bridgehead atoms. The number of ketones is 1. The van der Waals surface area contributed by atoms with Crippen LogP contribution in [0.2, 0.25) is 0 Å². The quantitative estimate of drug-likeness (QED) is 0.228. The van der Waals surface area contributed by atoms with Gasteiger partial charge in [-0.15, -0.1) is 11.3 Å². The lowest BCUT2D eigenvalue weighted by atomic mass is 9.85. The van der Waals surface area contributed by atoms with Gasteiger partial charge in [-0.05, 0) is 39.5 Å². The third-order valence-electron chi connectivity index (χ3n) is 6.99. The van der Waals surface area contributed by atoms with E-state index < -0.39 is 6.10 Å². The number of hydrogen-bond acceptors (Lipinski definition) is 9. The van der Waals surface area contributed by atoms with Gasteiger partial charge in [-0.2, -0.15) is 9.61 Å². The zero-order valence-electron chi connectivity index (χ0n) is 19.9. The molecule has 0 radical (unpaired) electrons. The van der Waals surface area contributed by atoms with Crippen LogP contribution in [-0.2, 0) is 4.79 Å². The first-order valence-corrected chi connectivity index (χ1v) is 12.5.